The molecule has 3 rings (SSSR count). The number of aliphatic imine (C=N–C) groups is 1. The molecule has 1 heterocycles. The van der Waals surface area contributed by atoms with Gasteiger partial charge in [-0.25, -0.2) is 0 Å². The number of halogens is 1. The van der Waals surface area contributed by atoms with E-state index >= 15 is 0 Å². The van der Waals surface area contributed by atoms with Gasteiger partial charge in [0.25, 0.3) is 0 Å². The Hall–Kier alpha value is -0.860. The molecule has 1 saturated carbocycles. The number of hydrogen-bond donors (Lipinski definition) is 2. The Bertz CT molecular complexity index is 576. The molecular formula is C21H35IN4O. The molecule has 1 aromatic carbocycles. The number of guanidine groups is 1. The third-order valence-corrected chi connectivity index (χ3v) is 5.30. The molecule has 152 valence electrons. The highest BCUT2D eigenvalue weighted by Gasteiger charge is 2.22. The minimum absolute atomic E-state index is 0. The molecule has 1 aliphatic carbocycles. The van der Waals surface area contributed by atoms with E-state index in [4.69, 9.17) is 4.74 Å². The van der Waals surface area contributed by atoms with E-state index in [0.717, 1.165) is 32.1 Å². The largest absolute Gasteiger partial charge is 0.373 e. The Morgan fingerprint density at radius 3 is 2.26 bits per heavy atom. The number of rotatable bonds is 5. The smallest absolute Gasteiger partial charge is 0.191 e. The molecule has 27 heavy (non-hydrogen) atoms. The van der Waals surface area contributed by atoms with Gasteiger partial charge < -0.3 is 15.4 Å². The molecule has 6 heteroatoms. The van der Waals surface area contributed by atoms with Crippen LogP contribution in [0.5, 0.6) is 0 Å². The second kappa shape index (κ2) is 11.2. The van der Waals surface area contributed by atoms with Crippen LogP contribution in [0.15, 0.2) is 29.3 Å². The van der Waals surface area contributed by atoms with Gasteiger partial charge in [-0.2, -0.15) is 0 Å². The monoisotopic (exact) mass is 486 g/mol. The van der Waals surface area contributed by atoms with Crippen molar-refractivity contribution in [1.82, 2.24) is 15.5 Å². The summed E-state index contributed by atoms with van der Waals surface area (Å²) in [6, 6.07) is 9.52. The molecule has 2 aliphatic rings. The van der Waals surface area contributed by atoms with Gasteiger partial charge in [0.15, 0.2) is 5.96 Å². The summed E-state index contributed by atoms with van der Waals surface area (Å²) in [5, 5.41) is 6.97. The van der Waals surface area contributed by atoms with Crippen LogP contribution in [0.2, 0.25) is 0 Å². The molecule has 2 fully saturated rings. The van der Waals surface area contributed by atoms with E-state index in [-0.39, 0.29) is 24.0 Å². The molecule has 1 aliphatic heterocycles. The van der Waals surface area contributed by atoms with Crippen LogP contribution in [-0.2, 0) is 17.8 Å². The van der Waals surface area contributed by atoms with Gasteiger partial charge in [0.1, 0.15) is 0 Å². The third-order valence-electron chi connectivity index (χ3n) is 5.30. The van der Waals surface area contributed by atoms with Crippen LogP contribution in [0.3, 0.4) is 0 Å². The standard InChI is InChI=1S/C21H34N4O.HI/c1-16-13-25(14-17(2)26-16)15-19-10-8-18(9-11-19)12-23-21(22-3)24-20-6-4-5-7-20;/h8-11,16-17,20H,4-7,12-15H2,1-3H3,(H2,22,23,24);1H. The van der Waals surface area contributed by atoms with E-state index in [1.54, 1.807) is 0 Å². The number of hydrogen-bond acceptors (Lipinski definition) is 3. The molecule has 5 nitrogen and oxygen atoms in total. The summed E-state index contributed by atoms with van der Waals surface area (Å²) in [6.07, 6.45) is 5.82. The lowest BCUT2D eigenvalue weighted by Gasteiger charge is -2.35. The van der Waals surface area contributed by atoms with Gasteiger partial charge in [-0.3, -0.25) is 9.89 Å². The number of nitrogens with zero attached hydrogens (tertiary/aromatic N) is 2. The van der Waals surface area contributed by atoms with Crippen LogP contribution in [0.1, 0.15) is 50.7 Å². The minimum atomic E-state index is 0. The van der Waals surface area contributed by atoms with E-state index in [1.165, 1.54) is 36.8 Å². The van der Waals surface area contributed by atoms with Crippen molar-refractivity contribution in [3.05, 3.63) is 35.4 Å². The topological polar surface area (TPSA) is 48.9 Å². The zero-order valence-electron chi connectivity index (χ0n) is 16.9. The van der Waals surface area contributed by atoms with Crippen molar-refractivity contribution in [1.29, 1.82) is 0 Å². The number of morpholine rings is 1. The minimum Gasteiger partial charge on any atom is -0.373 e. The summed E-state index contributed by atoms with van der Waals surface area (Å²) in [4.78, 5) is 6.84. The Kier molecular flexibility index (Phi) is 9.32. The lowest BCUT2D eigenvalue weighted by atomic mass is 10.1. The lowest BCUT2D eigenvalue weighted by molar-refractivity contribution is -0.0704. The van der Waals surface area contributed by atoms with Crippen LogP contribution < -0.4 is 10.6 Å². The van der Waals surface area contributed by atoms with Crippen molar-refractivity contribution in [2.24, 2.45) is 4.99 Å². The van der Waals surface area contributed by atoms with Gasteiger partial charge in [-0.15, -0.1) is 24.0 Å². The predicted molar refractivity (Wildman–Crippen MR) is 123 cm³/mol. The third kappa shape index (κ3) is 7.23. The second-order valence-electron chi connectivity index (χ2n) is 7.82. The van der Waals surface area contributed by atoms with Crippen molar-refractivity contribution in [3.8, 4) is 0 Å². The summed E-state index contributed by atoms with van der Waals surface area (Å²) < 4.78 is 5.82. The highest BCUT2D eigenvalue weighted by atomic mass is 127. The summed E-state index contributed by atoms with van der Waals surface area (Å²) in [6.45, 7) is 8.14. The zero-order valence-corrected chi connectivity index (χ0v) is 19.2. The Morgan fingerprint density at radius 1 is 1.07 bits per heavy atom. The second-order valence-corrected chi connectivity index (χ2v) is 7.82. The average molecular weight is 486 g/mol. The summed E-state index contributed by atoms with van der Waals surface area (Å²) in [5.41, 5.74) is 2.65. The SMILES string of the molecule is CN=C(NCc1ccc(CN2CC(C)OC(C)C2)cc1)NC1CCCC1.I. The molecule has 0 spiro atoms. The fourth-order valence-electron chi connectivity index (χ4n) is 4.08. The van der Waals surface area contributed by atoms with Crippen molar-refractivity contribution in [2.45, 2.75) is 70.9 Å². The molecule has 0 bridgehead atoms. The van der Waals surface area contributed by atoms with E-state index in [2.05, 4.69) is 58.6 Å². The summed E-state index contributed by atoms with van der Waals surface area (Å²) in [5.74, 6) is 0.914. The highest BCUT2D eigenvalue weighted by Crippen LogP contribution is 2.17. The molecule has 0 radical (unpaired) electrons. The van der Waals surface area contributed by atoms with Crippen LogP contribution in [0.4, 0.5) is 0 Å². The maximum Gasteiger partial charge on any atom is 0.191 e. The average Bonchev–Trinajstić information content (AvgIpc) is 3.12. The van der Waals surface area contributed by atoms with E-state index in [0.29, 0.717) is 18.2 Å². The van der Waals surface area contributed by atoms with Gasteiger partial charge in [0.05, 0.1) is 12.2 Å². The fraction of sp³-hybridized carbons (Fsp3) is 0.667. The molecule has 0 amide bonds. The normalized spacial score (nSPS) is 24.5. The molecular weight excluding hydrogens is 451 g/mol. The number of ether oxygens (including phenoxy) is 1. The van der Waals surface area contributed by atoms with Crippen molar-refractivity contribution >= 4 is 29.9 Å². The van der Waals surface area contributed by atoms with Gasteiger partial charge in [-0.1, -0.05) is 37.1 Å². The fourth-order valence-corrected chi connectivity index (χ4v) is 4.08. The van der Waals surface area contributed by atoms with Gasteiger partial charge in [0.2, 0.25) is 0 Å². The summed E-state index contributed by atoms with van der Waals surface area (Å²) in [7, 11) is 1.84. The predicted octanol–water partition coefficient (Wildman–Crippen LogP) is 3.52. The van der Waals surface area contributed by atoms with Crippen LogP contribution in [-0.4, -0.2) is 49.2 Å². The Morgan fingerprint density at radius 2 is 1.67 bits per heavy atom. The zero-order chi connectivity index (χ0) is 18.4. The number of benzene rings is 1. The first-order chi connectivity index (χ1) is 12.6. The first-order valence-corrected chi connectivity index (χ1v) is 10.0. The van der Waals surface area contributed by atoms with Gasteiger partial charge in [-0.05, 0) is 37.8 Å². The quantitative estimate of drug-likeness (QED) is 0.380. The van der Waals surface area contributed by atoms with Gasteiger partial charge >= 0.3 is 0 Å². The Labute approximate surface area is 181 Å². The van der Waals surface area contributed by atoms with Crippen molar-refractivity contribution in [2.75, 3.05) is 20.1 Å². The van der Waals surface area contributed by atoms with Gasteiger partial charge in [0, 0.05) is 39.3 Å². The molecule has 2 atom stereocenters. The summed E-state index contributed by atoms with van der Waals surface area (Å²) >= 11 is 0. The molecule has 1 aromatic rings. The van der Waals surface area contributed by atoms with E-state index in [1.807, 2.05) is 7.05 Å². The maximum atomic E-state index is 5.82. The molecule has 1 saturated heterocycles. The molecule has 2 unspecified atom stereocenters. The lowest BCUT2D eigenvalue weighted by Crippen LogP contribution is -2.44. The first-order valence-electron chi connectivity index (χ1n) is 10.0. The van der Waals surface area contributed by atoms with Crippen LogP contribution in [0.25, 0.3) is 0 Å². The maximum absolute atomic E-state index is 5.82. The van der Waals surface area contributed by atoms with Crippen LogP contribution in [0, 0.1) is 0 Å². The van der Waals surface area contributed by atoms with E-state index in [9.17, 15) is 0 Å². The molecule has 2 N–H and O–H groups in total. The first kappa shape index (κ1) is 22.4. The number of nitrogens with one attached hydrogen (secondary N) is 2. The van der Waals surface area contributed by atoms with Crippen molar-refractivity contribution < 1.29 is 4.74 Å². The molecule has 0 aromatic heterocycles. The highest BCUT2D eigenvalue weighted by molar-refractivity contribution is 14.0. The van der Waals surface area contributed by atoms with Crippen molar-refractivity contribution in [3.63, 3.8) is 0 Å². The van der Waals surface area contributed by atoms with Crippen LogP contribution >= 0.6 is 24.0 Å². The van der Waals surface area contributed by atoms with E-state index < -0.39 is 0 Å². The Balaban J connectivity index is 0.00000261.